The van der Waals surface area contributed by atoms with Gasteiger partial charge in [-0.1, -0.05) is 30.3 Å². The first kappa shape index (κ1) is 20.9. The van der Waals surface area contributed by atoms with Gasteiger partial charge < -0.3 is 9.64 Å². The van der Waals surface area contributed by atoms with E-state index in [0.29, 0.717) is 13.1 Å². The van der Waals surface area contributed by atoms with E-state index in [1.54, 1.807) is 18.4 Å². The summed E-state index contributed by atoms with van der Waals surface area (Å²) < 4.78 is 6.52. The predicted octanol–water partition coefficient (Wildman–Crippen LogP) is 5.25. The summed E-state index contributed by atoms with van der Waals surface area (Å²) in [6, 6.07) is 20.9. The van der Waals surface area contributed by atoms with Crippen molar-refractivity contribution >= 4 is 38.2 Å². The van der Waals surface area contributed by atoms with Gasteiger partial charge in [0.15, 0.2) is 0 Å². The molecule has 1 aliphatic heterocycles. The lowest BCUT2D eigenvalue weighted by Crippen LogP contribution is -2.37. The third-order valence-corrected chi connectivity index (χ3v) is 7.39. The molecule has 0 unspecified atom stereocenters. The van der Waals surface area contributed by atoms with Crippen LogP contribution >= 0.6 is 11.3 Å². The lowest BCUT2D eigenvalue weighted by atomic mass is 10.1. The maximum atomic E-state index is 13.1. The molecule has 1 amide bonds. The average molecular weight is 446 g/mol. The van der Waals surface area contributed by atoms with Gasteiger partial charge in [-0.25, -0.2) is 4.98 Å². The van der Waals surface area contributed by atoms with Crippen LogP contribution in [0.4, 0.5) is 0 Å². The summed E-state index contributed by atoms with van der Waals surface area (Å²) in [6.45, 7) is 1.97. The first-order valence-electron chi connectivity index (χ1n) is 11.0. The second kappa shape index (κ2) is 8.88. The summed E-state index contributed by atoms with van der Waals surface area (Å²) in [5, 5.41) is 3.42. The number of aromatic nitrogens is 1. The lowest BCUT2D eigenvalue weighted by molar-refractivity contribution is -0.131. The molecule has 0 radical (unpaired) electrons. The number of fused-ring (bicyclic) bond motifs is 2. The van der Waals surface area contributed by atoms with E-state index in [9.17, 15) is 4.79 Å². The fraction of sp³-hybridized carbons (Fsp3) is 0.308. The van der Waals surface area contributed by atoms with Crippen LogP contribution in [0, 0.1) is 0 Å². The Morgan fingerprint density at radius 1 is 1.16 bits per heavy atom. The number of carbonyl (C=O) groups is 1. The minimum absolute atomic E-state index is 0.146. The molecule has 0 aliphatic carbocycles. The largest absolute Gasteiger partial charge is 0.497 e. The van der Waals surface area contributed by atoms with Crippen LogP contribution < -0.4 is 4.74 Å². The van der Waals surface area contributed by atoms with Crippen LogP contribution in [-0.4, -0.2) is 47.9 Å². The molecule has 0 spiro atoms. The fourth-order valence-electron chi connectivity index (χ4n) is 4.48. The van der Waals surface area contributed by atoms with Gasteiger partial charge in [0.05, 0.1) is 29.9 Å². The number of hydrogen-bond donors (Lipinski definition) is 0. The number of para-hydroxylation sites is 1. The Labute approximate surface area is 192 Å². The number of rotatable bonds is 6. The SMILES string of the molecule is COc1ccc2cc(CN(C)C(=O)CN3CCC[C@@H]3c3nc4ccccc4s3)ccc2c1. The van der Waals surface area contributed by atoms with Gasteiger partial charge in [0.1, 0.15) is 10.8 Å². The number of hydrogen-bond acceptors (Lipinski definition) is 5. The Balaban J connectivity index is 1.26. The van der Waals surface area contributed by atoms with Gasteiger partial charge in [0, 0.05) is 13.6 Å². The number of methoxy groups -OCH3 is 1. The third-order valence-electron chi connectivity index (χ3n) is 6.25. The molecule has 1 aromatic heterocycles. The molecule has 3 aromatic carbocycles. The Kier molecular flexibility index (Phi) is 5.81. The summed E-state index contributed by atoms with van der Waals surface area (Å²) in [4.78, 5) is 22.0. The molecule has 5 nitrogen and oxygen atoms in total. The highest BCUT2D eigenvalue weighted by atomic mass is 32.1. The second-order valence-corrected chi connectivity index (χ2v) is 9.51. The first-order chi connectivity index (χ1) is 15.6. The minimum atomic E-state index is 0.146. The molecule has 164 valence electrons. The normalized spacial score (nSPS) is 16.6. The number of ether oxygens (including phenoxy) is 1. The maximum Gasteiger partial charge on any atom is 0.236 e. The van der Waals surface area contributed by atoms with Crippen LogP contribution in [0.5, 0.6) is 5.75 Å². The number of carbonyl (C=O) groups excluding carboxylic acids is 1. The second-order valence-electron chi connectivity index (χ2n) is 8.45. The summed E-state index contributed by atoms with van der Waals surface area (Å²) in [5.74, 6) is 0.999. The number of likely N-dealkylation sites (N-methyl/N-ethyl adjacent to an activating group) is 1. The zero-order valence-corrected chi connectivity index (χ0v) is 19.3. The van der Waals surface area contributed by atoms with E-state index in [2.05, 4.69) is 47.4 Å². The van der Waals surface area contributed by atoms with Crippen LogP contribution in [0.2, 0.25) is 0 Å². The molecule has 1 fully saturated rings. The lowest BCUT2D eigenvalue weighted by Gasteiger charge is -2.25. The molecule has 0 bridgehead atoms. The molecule has 2 heterocycles. The maximum absolute atomic E-state index is 13.1. The van der Waals surface area contributed by atoms with Gasteiger partial charge >= 0.3 is 0 Å². The number of likely N-dealkylation sites (tertiary alicyclic amines) is 1. The predicted molar refractivity (Wildman–Crippen MR) is 130 cm³/mol. The van der Waals surface area contributed by atoms with Crippen molar-refractivity contribution in [3.63, 3.8) is 0 Å². The standard InChI is InChI=1S/C26H27N3O2S/c1-28(16-18-9-10-20-15-21(31-2)12-11-19(20)14-18)25(30)17-29-13-5-7-23(29)26-27-22-6-3-4-8-24(22)32-26/h3-4,6,8-12,14-15,23H,5,7,13,16-17H2,1-2H3/t23-/m1/s1. The van der Waals surface area contributed by atoms with Crippen molar-refractivity contribution in [1.82, 2.24) is 14.8 Å². The van der Waals surface area contributed by atoms with Gasteiger partial charge in [-0.2, -0.15) is 0 Å². The zero-order chi connectivity index (χ0) is 22.1. The molecular weight excluding hydrogens is 418 g/mol. The molecule has 1 saturated heterocycles. The highest BCUT2D eigenvalue weighted by Crippen LogP contribution is 2.36. The zero-order valence-electron chi connectivity index (χ0n) is 18.5. The first-order valence-corrected chi connectivity index (χ1v) is 11.8. The van der Waals surface area contributed by atoms with Crippen molar-refractivity contribution in [2.24, 2.45) is 0 Å². The molecule has 4 aromatic rings. The van der Waals surface area contributed by atoms with E-state index >= 15 is 0 Å². The number of benzene rings is 3. The van der Waals surface area contributed by atoms with Crippen molar-refractivity contribution < 1.29 is 9.53 Å². The van der Waals surface area contributed by atoms with Crippen molar-refractivity contribution in [1.29, 1.82) is 0 Å². The van der Waals surface area contributed by atoms with Crippen LogP contribution in [-0.2, 0) is 11.3 Å². The van der Waals surface area contributed by atoms with Gasteiger partial charge in [-0.3, -0.25) is 9.69 Å². The van der Waals surface area contributed by atoms with Crippen molar-refractivity contribution in [3.8, 4) is 5.75 Å². The van der Waals surface area contributed by atoms with Crippen LogP contribution in [0.15, 0.2) is 60.7 Å². The Morgan fingerprint density at radius 2 is 1.97 bits per heavy atom. The van der Waals surface area contributed by atoms with E-state index in [1.165, 1.54) is 4.70 Å². The van der Waals surface area contributed by atoms with E-state index in [0.717, 1.165) is 52.0 Å². The molecular formula is C26H27N3O2S. The third kappa shape index (κ3) is 4.20. The summed E-state index contributed by atoms with van der Waals surface area (Å²) in [6.07, 6.45) is 2.16. The molecule has 1 atom stereocenters. The molecule has 5 rings (SSSR count). The van der Waals surface area contributed by atoms with E-state index < -0.39 is 0 Å². The van der Waals surface area contributed by atoms with Crippen LogP contribution in [0.25, 0.3) is 21.0 Å². The Morgan fingerprint density at radius 3 is 2.81 bits per heavy atom. The van der Waals surface area contributed by atoms with Crippen molar-refractivity contribution in [3.05, 3.63) is 71.2 Å². The van der Waals surface area contributed by atoms with Gasteiger partial charge in [-0.15, -0.1) is 11.3 Å². The average Bonchev–Trinajstić information content (AvgIpc) is 3.45. The Bertz CT molecular complexity index is 1240. The van der Waals surface area contributed by atoms with Gasteiger partial charge in [0.2, 0.25) is 5.91 Å². The van der Waals surface area contributed by atoms with E-state index in [1.807, 2.05) is 30.1 Å². The summed E-state index contributed by atoms with van der Waals surface area (Å²) in [5.41, 5.74) is 2.18. The van der Waals surface area contributed by atoms with E-state index in [-0.39, 0.29) is 11.9 Å². The number of amides is 1. The topological polar surface area (TPSA) is 45.7 Å². The summed E-state index contributed by atoms with van der Waals surface area (Å²) >= 11 is 1.75. The Hall–Kier alpha value is -2.96. The fourth-order valence-corrected chi connectivity index (χ4v) is 5.62. The highest BCUT2D eigenvalue weighted by molar-refractivity contribution is 7.18. The number of nitrogens with zero attached hydrogens (tertiary/aromatic N) is 3. The highest BCUT2D eigenvalue weighted by Gasteiger charge is 2.30. The van der Waals surface area contributed by atoms with Gasteiger partial charge in [0.25, 0.3) is 0 Å². The molecule has 6 heteroatoms. The minimum Gasteiger partial charge on any atom is -0.497 e. The summed E-state index contributed by atoms with van der Waals surface area (Å²) in [7, 11) is 3.57. The van der Waals surface area contributed by atoms with E-state index in [4.69, 9.17) is 9.72 Å². The number of thiazole rings is 1. The van der Waals surface area contributed by atoms with Crippen LogP contribution in [0.1, 0.15) is 29.5 Å². The molecule has 0 N–H and O–H groups in total. The molecule has 0 saturated carbocycles. The van der Waals surface area contributed by atoms with Crippen molar-refractivity contribution in [2.45, 2.75) is 25.4 Å². The van der Waals surface area contributed by atoms with Crippen molar-refractivity contribution in [2.75, 3.05) is 27.2 Å². The molecule has 32 heavy (non-hydrogen) atoms. The molecule has 1 aliphatic rings. The monoisotopic (exact) mass is 445 g/mol. The van der Waals surface area contributed by atoms with Gasteiger partial charge in [-0.05, 0) is 66.1 Å². The smallest absolute Gasteiger partial charge is 0.236 e. The van der Waals surface area contributed by atoms with Crippen LogP contribution in [0.3, 0.4) is 0 Å². The quantitative estimate of drug-likeness (QED) is 0.406.